The first-order chi connectivity index (χ1) is 15.7. The minimum atomic E-state index is -0.274. The molecule has 1 aliphatic heterocycles. The van der Waals surface area contributed by atoms with E-state index in [0.717, 1.165) is 28.3 Å². The van der Waals surface area contributed by atoms with E-state index in [0.29, 0.717) is 26.3 Å². The van der Waals surface area contributed by atoms with Crippen LogP contribution in [0.3, 0.4) is 0 Å². The first-order valence-electron chi connectivity index (χ1n) is 10.6. The van der Waals surface area contributed by atoms with Crippen LogP contribution in [0.25, 0.3) is 23.0 Å². The standard InChI is InChI=1S/C25H24N4O2S/c1-2-32-23-10-8-19(9-11-23)24-21(18-29(27-24)22-6-4-3-5-7-22)16-20(17-26)25(30)28-12-14-31-15-13-28/h3-11,16,18H,2,12-15H2,1H3. The fraction of sp³-hybridized carbons (Fsp3) is 0.240. The van der Waals surface area contributed by atoms with Crippen LogP contribution < -0.4 is 0 Å². The van der Waals surface area contributed by atoms with Crippen LogP contribution in [0.5, 0.6) is 0 Å². The predicted molar refractivity (Wildman–Crippen MR) is 126 cm³/mol. The molecule has 4 rings (SSSR count). The molecule has 0 radical (unpaired) electrons. The number of ether oxygens (including phenoxy) is 1. The Morgan fingerprint density at radius 1 is 1.16 bits per heavy atom. The molecule has 1 fully saturated rings. The quantitative estimate of drug-likeness (QED) is 0.320. The fourth-order valence-electron chi connectivity index (χ4n) is 3.54. The molecule has 0 spiro atoms. The van der Waals surface area contributed by atoms with Gasteiger partial charge in [-0.1, -0.05) is 37.3 Å². The van der Waals surface area contributed by atoms with E-state index in [1.807, 2.05) is 48.7 Å². The van der Waals surface area contributed by atoms with Crippen molar-refractivity contribution in [1.29, 1.82) is 5.26 Å². The maximum Gasteiger partial charge on any atom is 0.264 e. The average molecular weight is 445 g/mol. The molecule has 0 bridgehead atoms. The third kappa shape index (κ3) is 4.93. The molecule has 2 heterocycles. The Bertz CT molecular complexity index is 1140. The van der Waals surface area contributed by atoms with Gasteiger partial charge in [0.25, 0.3) is 5.91 Å². The third-order valence-electron chi connectivity index (χ3n) is 5.15. The third-order valence-corrected chi connectivity index (χ3v) is 6.05. The van der Waals surface area contributed by atoms with Crippen LogP contribution in [0, 0.1) is 11.3 Å². The summed E-state index contributed by atoms with van der Waals surface area (Å²) in [5.74, 6) is 0.731. The van der Waals surface area contributed by atoms with Gasteiger partial charge in [0.05, 0.1) is 24.6 Å². The number of amides is 1. The zero-order valence-corrected chi connectivity index (χ0v) is 18.7. The van der Waals surface area contributed by atoms with Crippen LogP contribution in [0.4, 0.5) is 0 Å². The SMILES string of the molecule is CCSc1ccc(-c2nn(-c3ccccc3)cc2C=C(C#N)C(=O)N2CCOCC2)cc1. The highest BCUT2D eigenvalue weighted by atomic mass is 32.2. The molecular formula is C25H24N4O2S. The number of nitrogens with zero attached hydrogens (tertiary/aromatic N) is 4. The lowest BCUT2D eigenvalue weighted by Gasteiger charge is -2.26. The van der Waals surface area contributed by atoms with E-state index >= 15 is 0 Å². The number of rotatable bonds is 6. The van der Waals surface area contributed by atoms with Gasteiger partial charge in [-0.15, -0.1) is 11.8 Å². The second-order valence-corrected chi connectivity index (χ2v) is 8.58. The van der Waals surface area contributed by atoms with Gasteiger partial charge in [0.2, 0.25) is 0 Å². The second kappa shape index (κ2) is 10.3. The second-order valence-electron chi connectivity index (χ2n) is 7.24. The first-order valence-corrected chi connectivity index (χ1v) is 11.6. The van der Waals surface area contributed by atoms with Crippen LogP contribution in [0.2, 0.25) is 0 Å². The fourth-order valence-corrected chi connectivity index (χ4v) is 4.20. The van der Waals surface area contributed by atoms with Crippen molar-refractivity contribution in [2.75, 3.05) is 32.1 Å². The molecule has 162 valence electrons. The average Bonchev–Trinajstić information content (AvgIpc) is 3.28. The topological polar surface area (TPSA) is 71.2 Å². The zero-order chi connectivity index (χ0) is 22.3. The van der Waals surface area contributed by atoms with Gasteiger partial charge in [-0.25, -0.2) is 4.68 Å². The van der Waals surface area contributed by atoms with Crippen LogP contribution in [0.15, 0.2) is 71.3 Å². The molecule has 6 nitrogen and oxygen atoms in total. The maximum atomic E-state index is 12.9. The highest BCUT2D eigenvalue weighted by molar-refractivity contribution is 7.99. The van der Waals surface area contributed by atoms with Gasteiger partial charge in [-0.2, -0.15) is 10.4 Å². The molecule has 1 aromatic heterocycles. The van der Waals surface area contributed by atoms with E-state index in [2.05, 4.69) is 25.1 Å². The van der Waals surface area contributed by atoms with E-state index in [9.17, 15) is 10.1 Å². The van der Waals surface area contributed by atoms with Crippen molar-refractivity contribution in [1.82, 2.24) is 14.7 Å². The molecule has 32 heavy (non-hydrogen) atoms. The number of carbonyl (C=O) groups is 1. The van der Waals surface area contributed by atoms with Crippen LogP contribution in [-0.2, 0) is 9.53 Å². The lowest BCUT2D eigenvalue weighted by Crippen LogP contribution is -2.41. The molecule has 1 aliphatic rings. The minimum Gasteiger partial charge on any atom is -0.378 e. The Hall–Kier alpha value is -3.34. The van der Waals surface area contributed by atoms with Crippen molar-refractivity contribution in [3.8, 4) is 23.0 Å². The smallest absolute Gasteiger partial charge is 0.264 e. The van der Waals surface area contributed by atoms with Crippen LogP contribution in [0.1, 0.15) is 12.5 Å². The Labute approximate surface area is 192 Å². The highest BCUT2D eigenvalue weighted by Gasteiger charge is 2.22. The molecule has 7 heteroatoms. The Morgan fingerprint density at radius 3 is 2.53 bits per heavy atom. The Morgan fingerprint density at radius 2 is 1.88 bits per heavy atom. The van der Waals surface area contributed by atoms with E-state index < -0.39 is 0 Å². The van der Waals surface area contributed by atoms with Crippen molar-refractivity contribution < 1.29 is 9.53 Å². The van der Waals surface area contributed by atoms with E-state index in [4.69, 9.17) is 9.84 Å². The van der Waals surface area contributed by atoms with Gasteiger partial charge in [0.15, 0.2) is 0 Å². The van der Waals surface area contributed by atoms with Gasteiger partial charge in [0.1, 0.15) is 11.6 Å². The summed E-state index contributed by atoms with van der Waals surface area (Å²) >= 11 is 1.78. The first kappa shape index (κ1) is 21.9. The number of carbonyl (C=O) groups excluding carboxylic acids is 1. The van der Waals surface area contributed by atoms with Crippen LogP contribution in [-0.4, -0.2) is 52.6 Å². The van der Waals surface area contributed by atoms with Gasteiger partial charge in [-0.3, -0.25) is 4.79 Å². The van der Waals surface area contributed by atoms with E-state index in [-0.39, 0.29) is 11.5 Å². The molecule has 0 atom stereocenters. The summed E-state index contributed by atoms with van der Waals surface area (Å²) < 4.78 is 7.11. The number of hydrogen-bond acceptors (Lipinski definition) is 5. The van der Waals surface area contributed by atoms with Crippen LogP contribution >= 0.6 is 11.8 Å². The van der Waals surface area contributed by atoms with Crippen molar-refractivity contribution in [2.24, 2.45) is 0 Å². The largest absolute Gasteiger partial charge is 0.378 e. The predicted octanol–water partition coefficient (Wildman–Crippen LogP) is 4.42. The molecule has 1 saturated heterocycles. The molecule has 0 saturated carbocycles. The van der Waals surface area contributed by atoms with Gasteiger partial charge in [0, 0.05) is 35.3 Å². The Balaban J connectivity index is 1.75. The number of hydrogen-bond donors (Lipinski definition) is 0. The van der Waals surface area contributed by atoms with Gasteiger partial charge >= 0.3 is 0 Å². The van der Waals surface area contributed by atoms with E-state index in [1.165, 1.54) is 4.90 Å². The Kier molecular flexibility index (Phi) is 7.05. The summed E-state index contributed by atoms with van der Waals surface area (Å²) in [6, 6.07) is 20.1. The summed E-state index contributed by atoms with van der Waals surface area (Å²) in [5.41, 5.74) is 3.39. The summed E-state index contributed by atoms with van der Waals surface area (Å²) in [4.78, 5) is 15.8. The molecular weight excluding hydrogens is 420 g/mol. The van der Waals surface area contributed by atoms with Crippen molar-refractivity contribution in [3.05, 3.63) is 71.9 Å². The molecule has 3 aromatic rings. The lowest BCUT2D eigenvalue weighted by atomic mass is 10.1. The molecule has 0 unspecified atom stereocenters. The molecule has 0 aliphatic carbocycles. The van der Waals surface area contributed by atoms with E-state index in [1.54, 1.807) is 27.4 Å². The van der Waals surface area contributed by atoms with Crippen molar-refractivity contribution in [2.45, 2.75) is 11.8 Å². The normalized spacial score (nSPS) is 14.2. The number of benzene rings is 2. The number of thioether (sulfide) groups is 1. The molecule has 2 aromatic carbocycles. The summed E-state index contributed by atoms with van der Waals surface area (Å²) in [5, 5.41) is 14.5. The maximum absolute atomic E-state index is 12.9. The number of aromatic nitrogens is 2. The summed E-state index contributed by atoms with van der Waals surface area (Å²) in [7, 11) is 0. The number of para-hydroxylation sites is 1. The van der Waals surface area contributed by atoms with Crippen molar-refractivity contribution in [3.63, 3.8) is 0 Å². The zero-order valence-electron chi connectivity index (χ0n) is 17.9. The minimum absolute atomic E-state index is 0.0962. The van der Waals surface area contributed by atoms with Gasteiger partial charge < -0.3 is 9.64 Å². The molecule has 0 N–H and O–H groups in total. The number of nitriles is 1. The van der Waals surface area contributed by atoms with Crippen molar-refractivity contribution >= 4 is 23.7 Å². The summed E-state index contributed by atoms with van der Waals surface area (Å²) in [6.45, 7) is 4.08. The van der Waals surface area contributed by atoms with Gasteiger partial charge in [-0.05, 0) is 36.1 Å². The molecule has 1 amide bonds. The monoisotopic (exact) mass is 444 g/mol. The lowest BCUT2D eigenvalue weighted by molar-refractivity contribution is -0.130. The highest BCUT2D eigenvalue weighted by Crippen LogP contribution is 2.28. The number of morpholine rings is 1. The summed E-state index contributed by atoms with van der Waals surface area (Å²) in [6.07, 6.45) is 3.51.